The van der Waals surface area contributed by atoms with E-state index < -0.39 is 0 Å². The van der Waals surface area contributed by atoms with Crippen LogP contribution in [0.3, 0.4) is 0 Å². The second-order valence-electron chi connectivity index (χ2n) is 5.69. The Morgan fingerprint density at radius 1 is 1.10 bits per heavy atom. The zero-order valence-corrected chi connectivity index (χ0v) is 13.1. The minimum atomic E-state index is 0.433. The van der Waals surface area contributed by atoms with Crippen LogP contribution in [0.25, 0.3) is 0 Å². The first-order chi connectivity index (χ1) is 10.1. The Morgan fingerprint density at radius 3 is 2.71 bits per heavy atom. The molecule has 0 bridgehead atoms. The number of nitrogens with one attached hydrogen (secondary N) is 1. The van der Waals surface area contributed by atoms with E-state index in [2.05, 4.69) is 36.5 Å². The number of anilines is 2. The van der Waals surface area contributed by atoms with Crippen molar-refractivity contribution in [2.75, 3.05) is 5.32 Å². The molecule has 0 amide bonds. The predicted octanol–water partition coefficient (Wildman–Crippen LogP) is 4.25. The molecule has 108 valence electrons. The first-order valence-corrected chi connectivity index (χ1v) is 7.84. The molecule has 21 heavy (non-hydrogen) atoms. The summed E-state index contributed by atoms with van der Waals surface area (Å²) in [5.74, 6) is 0. The minimum Gasteiger partial charge on any atom is -0.389 e. The SMILES string of the molecule is Cc1ccc(C(N)=S)c(Nc2cccc3c2CCCC3)c1. The monoisotopic (exact) mass is 296 g/mol. The van der Waals surface area contributed by atoms with Crippen LogP contribution in [0.1, 0.15) is 35.1 Å². The van der Waals surface area contributed by atoms with Gasteiger partial charge >= 0.3 is 0 Å². The van der Waals surface area contributed by atoms with Crippen molar-refractivity contribution in [3.63, 3.8) is 0 Å². The maximum absolute atomic E-state index is 5.85. The standard InChI is InChI=1S/C18H20N2S/c1-12-9-10-15(18(19)21)17(11-12)20-16-8-4-6-13-5-2-3-7-14(13)16/h4,6,8-11,20H,2-3,5,7H2,1H3,(H2,19,21). The van der Waals surface area contributed by atoms with Crippen molar-refractivity contribution in [3.8, 4) is 0 Å². The van der Waals surface area contributed by atoms with Gasteiger partial charge in [0.2, 0.25) is 0 Å². The van der Waals surface area contributed by atoms with Gasteiger partial charge in [0.25, 0.3) is 0 Å². The third-order valence-corrected chi connectivity index (χ3v) is 4.33. The van der Waals surface area contributed by atoms with E-state index in [4.69, 9.17) is 18.0 Å². The van der Waals surface area contributed by atoms with Crippen molar-refractivity contribution in [2.24, 2.45) is 5.73 Å². The highest BCUT2D eigenvalue weighted by atomic mass is 32.1. The Hall–Kier alpha value is -1.87. The molecule has 1 aliphatic carbocycles. The van der Waals surface area contributed by atoms with Gasteiger partial charge in [0.1, 0.15) is 4.99 Å². The molecule has 3 heteroatoms. The number of fused-ring (bicyclic) bond motifs is 1. The van der Waals surface area contributed by atoms with Crippen LogP contribution in [0.4, 0.5) is 11.4 Å². The maximum atomic E-state index is 5.85. The summed E-state index contributed by atoms with van der Waals surface area (Å²) in [6, 6.07) is 12.7. The van der Waals surface area contributed by atoms with Crippen LogP contribution in [0, 0.1) is 6.92 Å². The number of thiocarbonyl (C=S) groups is 1. The number of nitrogens with two attached hydrogens (primary N) is 1. The van der Waals surface area contributed by atoms with Crippen LogP contribution in [0.15, 0.2) is 36.4 Å². The number of aryl methyl sites for hydroxylation is 2. The third kappa shape index (κ3) is 2.93. The van der Waals surface area contributed by atoms with E-state index in [-0.39, 0.29) is 0 Å². The lowest BCUT2D eigenvalue weighted by Crippen LogP contribution is -2.13. The van der Waals surface area contributed by atoms with Crippen LogP contribution in [-0.2, 0) is 12.8 Å². The highest BCUT2D eigenvalue weighted by Gasteiger charge is 2.14. The molecule has 0 unspecified atom stereocenters. The summed E-state index contributed by atoms with van der Waals surface area (Å²) in [6.07, 6.45) is 4.88. The summed E-state index contributed by atoms with van der Waals surface area (Å²) in [6.45, 7) is 2.08. The molecule has 3 rings (SSSR count). The molecule has 2 aromatic carbocycles. The first kappa shape index (κ1) is 14.1. The van der Waals surface area contributed by atoms with Crippen LogP contribution >= 0.6 is 12.2 Å². The fourth-order valence-electron chi connectivity index (χ4n) is 3.02. The van der Waals surface area contributed by atoms with Gasteiger partial charge in [-0.2, -0.15) is 0 Å². The van der Waals surface area contributed by atoms with Crippen LogP contribution in [0.2, 0.25) is 0 Å². The van der Waals surface area contributed by atoms with Gasteiger partial charge in [0.15, 0.2) is 0 Å². The number of benzene rings is 2. The van der Waals surface area contributed by atoms with Gasteiger partial charge in [-0.3, -0.25) is 0 Å². The second-order valence-corrected chi connectivity index (χ2v) is 6.13. The van der Waals surface area contributed by atoms with Crippen molar-refractivity contribution >= 4 is 28.6 Å². The van der Waals surface area contributed by atoms with Crippen molar-refractivity contribution in [1.82, 2.24) is 0 Å². The highest BCUT2D eigenvalue weighted by molar-refractivity contribution is 7.80. The van der Waals surface area contributed by atoms with E-state index in [0.717, 1.165) is 17.7 Å². The second kappa shape index (κ2) is 5.86. The average molecular weight is 296 g/mol. The molecular formula is C18H20N2S. The smallest absolute Gasteiger partial charge is 0.106 e. The maximum Gasteiger partial charge on any atom is 0.106 e. The summed E-state index contributed by atoms with van der Waals surface area (Å²) in [5.41, 5.74) is 13.1. The molecule has 2 aromatic rings. The molecule has 2 nitrogen and oxygen atoms in total. The largest absolute Gasteiger partial charge is 0.389 e. The van der Waals surface area contributed by atoms with E-state index >= 15 is 0 Å². The normalized spacial score (nSPS) is 13.6. The molecule has 0 aromatic heterocycles. The molecule has 0 spiro atoms. The van der Waals surface area contributed by atoms with Crippen molar-refractivity contribution in [2.45, 2.75) is 32.6 Å². The summed E-state index contributed by atoms with van der Waals surface area (Å²) in [7, 11) is 0. The lowest BCUT2D eigenvalue weighted by Gasteiger charge is -2.21. The Kier molecular flexibility index (Phi) is 3.93. The molecular weight excluding hydrogens is 276 g/mol. The quantitative estimate of drug-likeness (QED) is 0.832. The number of rotatable bonds is 3. The number of hydrogen-bond donors (Lipinski definition) is 2. The molecule has 0 atom stereocenters. The Bertz CT molecular complexity index is 692. The van der Waals surface area contributed by atoms with Gasteiger partial charge in [-0.1, -0.05) is 30.4 Å². The Morgan fingerprint density at radius 2 is 1.90 bits per heavy atom. The zero-order valence-electron chi connectivity index (χ0n) is 12.3. The lowest BCUT2D eigenvalue weighted by atomic mass is 9.90. The van der Waals surface area contributed by atoms with Gasteiger partial charge in [-0.25, -0.2) is 0 Å². The molecule has 0 heterocycles. The molecule has 0 saturated carbocycles. The van der Waals surface area contributed by atoms with Gasteiger partial charge in [0.05, 0.1) is 0 Å². The van der Waals surface area contributed by atoms with E-state index in [9.17, 15) is 0 Å². The van der Waals surface area contributed by atoms with Crippen molar-refractivity contribution in [1.29, 1.82) is 0 Å². The summed E-state index contributed by atoms with van der Waals surface area (Å²) >= 11 is 5.17. The molecule has 0 radical (unpaired) electrons. The molecule has 1 aliphatic rings. The molecule has 0 aliphatic heterocycles. The number of hydrogen-bond acceptors (Lipinski definition) is 2. The Balaban J connectivity index is 2.01. The fraction of sp³-hybridized carbons (Fsp3) is 0.278. The van der Waals surface area contributed by atoms with Gasteiger partial charge in [-0.05, 0) is 67.5 Å². The average Bonchev–Trinajstić information content (AvgIpc) is 2.47. The minimum absolute atomic E-state index is 0.433. The summed E-state index contributed by atoms with van der Waals surface area (Å²) in [5, 5.41) is 3.56. The van der Waals surface area contributed by atoms with Crippen molar-refractivity contribution in [3.05, 3.63) is 58.7 Å². The fourth-order valence-corrected chi connectivity index (χ4v) is 3.20. The summed E-state index contributed by atoms with van der Waals surface area (Å²) in [4.78, 5) is 0.433. The van der Waals surface area contributed by atoms with Gasteiger partial charge in [-0.15, -0.1) is 0 Å². The summed E-state index contributed by atoms with van der Waals surface area (Å²) < 4.78 is 0. The third-order valence-electron chi connectivity index (χ3n) is 4.11. The van der Waals surface area contributed by atoms with E-state index in [1.165, 1.54) is 41.6 Å². The molecule has 0 saturated heterocycles. The highest BCUT2D eigenvalue weighted by Crippen LogP contribution is 2.31. The van der Waals surface area contributed by atoms with Crippen LogP contribution in [-0.4, -0.2) is 4.99 Å². The first-order valence-electron chi connectivity index (χ1n) is 7.43. The Labute approximate surface area is 131 Å². The van der Waals surface area contributed by atoms with E-state index in [0.29, 0.717) is 4.99 Å². The predicted molar refractivity (Wildman–Crippen MR) is 93.4 cm³/mol. The van der Waals surface area contributed by atoms with E-state index in [1.54, 1.807) is 0 Å². The van der Waals surface area contributed by atoms with E-state index in [1.807, 2.05) is 12.1 Å². The van der Waals surface area contributed by atoms with Gasteiger partial charge in [0, 0.05) is 16.9 Å². The molecule has 3 N–H and O–H groups in total. The van der Waals surface area contributed by atoms with Crippen LogP contribution in [0.5, 0.6) is 0 Å². The van der Waals surface area contributed by atoms with Crippen molar-refractivity contribution < 1.29 is 0 Å². The molecule has 0 fully saturated rings. The zero-order chi connectivity index (χ0) is 14.8. The van der Waals surface area contributed by atoms with Crippen LogP contribution < -0.4 is 11.1 Å². The lowest BCUT2D eigenvalue weighted by molar-refractivity contribution is 0.687. The topological polar surface area (TPSA) is 38.0 Å². The van der Waals surface area contributed by atoms with Gasteiger partial charge < -0.3 is 11.1 Å².